The first-order chi connectivity index (χ1) is 24.2. The van der Waals surface area contributed by atoms with Crippen molar-refractivity contribution in [2.75, 3.05) is 18.5 Å². The highest BCUT2D eigenvalue weighted by atomic mass is 16.6. The van der Waals surface area contributed by atoms with Crippen LogP contribution in [-0.4, -0.2) is 74.4 Å². The van der Waals surface area contributed by atoms with Crippen LogP contribution < -0.4 is 16.3 Å². The van der Waals surface area contributed by atoms with Crippen LogP contribution in [0.25, 0.3) is 0 Å². The summed E-state index contributed by atoms with van der Waals surface area (Å²) in [6, 6.07) is 1.33. The number of alkyl carbamates (subject to hydrolysis) is 1. The number of nitrogens with zero attached hydrogens (tertiary/aromatic N) is 2. The van der Waals surface area contributed by atoms with Crippen molar-refractivity contribution in [3.05, 3.63) is 34.4 Å². The van der Waals surface area contributed by atoms with Gasteiger partial charge in [-0.3, -0.25) is 9.36 Å². The van der Waals surface area contributed by atoms with Gasteiger partial charge in [-0.15, -0.1) is 0 Å². The van der Waals surface area contributed by atoms with Gasteiger partial charge in [-0.1, -0.05) is 65.5 Å². The van der Waals surface area contributed by atoms with Crippen molar-refractivity contribution in [1.82, 2.24) is 14.9 Å². The number of hydrogen-bond donors (Lipinski definition) is 5. The Kier molecular flexibility index (Phi) is 11.4. The van der Waals surface area contributed by atoms with Gasteiger partial charge >= 0.3 is 11.8 Å². The van der Waals surface area contributed by atoms with Crippen LogP contribution >= 0.6 is 0 Å². The Bertz CT molecular complexity index is 1510. The molecule has 2 heterocycles. The minimum Gasteiger partial charge on any atom is -0.446 e. The maximum Gasteiger partial charge on any atom is 0.407 e. The second kappa shape index (κ2) is 15.3. The van der Waals surface area contributed by atoms with E-state index >= 15 is 0 Å². The highest BCUT2D eigenvalue weighted by Gasteiger charge is 2.59. The van der Waals surface area contributed by atoms with Crippen molar-refractivity contribution < 1.29 is 34.4 Å². The zero-order valence-electron chi connectivity index (χ0n) is 31.1. The third kappa shape index (κ3) is 7.53. The number of aliphatic hydroxyl groups excluding tert-OH is 3. The monoisotopic (exact) mass is 712 g/mol. The van der Waals surface area contributed by atoms with Crippen molar-refractivity contribution in [1.29, 1.82) is 0 Å². The molecule has 1 aliphatic heterocycles. The van der Waals surface area contributed by atoms with Crippen LogP contribution in [-0.2, 0) is 14.3 Å². The first kappa shape index (κ1) is 37.9. The number of carbonyl (C=O) groups is 2. The number of anilines is 1. The molecule has 1 aromatic heterocycles. The van der Waals surface area contributed by atoms with E-state index in [2.05, 4.69) is 56.3 Å². The summed E-state index contributed by atoms with van der Waals surface area (Å²) in [7, 11) is 0. The Labute approximate surface area is 301 Å². The Morgan fingerprint density at radius 2 is 1.86 bits per heavy atom. The molecule has 2 amide bonds. The van der Waals surface area contributed by atoms with Crippen LogP contribution in [0, 0.1) is 46.3 Å². The molecule has 6 rings (SSSR count). The summed E-state index contributed by atoms with van der Waals surface area (Å²) >= 11 is 0. The molecule has 12 heteroatoms. The summed E-state index contributed by atoms with van der Waals surface area (Å²) in [6.07, 6.45) is 10.8. The number of ether oxygens (including phenoxy) is 2. The quantitative estimate of drug-likeness (QED) is 0.200. The van der Waals surface area contributed by atoms with Crippen LogP contribution in [0.1, 0.15) is 111 Å². The number of amides is 2. The van der Waals surface area contributed by atoms with Crippen LogP contribution in [0.4, 0.5) is 10.6 Å². The predicted molar refractivity (Wildman–Crippen MR) is 191 cm³/mol. The Morgan fingerprint density at radius 1 is 1.08 bits per heavy atom. The molecule has 51 heavy (non-hydrogen) atoms. The first-order valence-corrected chi connectivity index (χ1v) is 19.4. The number of hydrogen-bond acceptors (Lipinski definition) is 9. The zero-order chi connectivity index (χ0) is 36.7. The van der Waals surface area contributed by atoms with Crippen LogP contribution in [0.15, 0.2) is 28.7 Å². The number of aliphatic hydroxyl groups is 3. The van der Waals surface area contributed by atoms with E-state index in [9.17, 15) is 29.7 Å². The third-order valence-corrected chi connectivity index (χ3v) is 13.8. The molecule has 3 saturated carbocycles. The highest BCUT2D eigenvalue weighted by Crippen LogP contribution is 2.67. The van der Waals surface area contributed by atoms with Crippen LogP contribution in [0.3, 0.4) is 0 Å². The third-order valence-electron chi connectivity index (χ3n) is 13.8. The lowest BCUT2D eigenvalue weighted by atomic mass is 9.47. The highest BCUT2D eigenvalue weighted by molar-refractivity contribution is 5.92. The van der Waals surface area contributed by atoms with Gasteiger partial charge in [-0.05, 0) is 97.3 Å². The molecule has 12 atom stereocenters. The average molecular weight is 713 g/mol. The molecule has 0 bridgehead atoms. The molecule has 1 saturated heterocycles. The molecule has 0 aromatic carbocycles. The largest absolute Gasteiger partial charge is 0.446 e. The molecule has 1 aromatic rings. The topological polar surface area (TPSA) is 172 Å². The standard InChI is InChI=1S/C39H60N4O8/c1-22(2)7-6-8-23(3)27-11-12-28-26-10-9-24-19-25(13-16-38(24,4)29(26)14-17-39(27,28)5)50-37(49)40-20-32(45)41-31-15-18-43(36(48)42-31)35-34(47)33(46)30(21-44)51-35/h9,15,18,22-23,25-30,33-35,44,46-47H,6-8,10-14,16-17,19-21H2,1-5H3,(H,40,49)(H,41,42,45,48)/t23-,25+,26+,27-,28+,29+,30-,33-,34+,35-,38+,39-/m1/s1. The summed E-state index contributed by atoms with van der Waals surface area (Å²) in [4.78, 5) is 41.7. The van der Waals surface area contributed by atoms with Gasteiger partial charge in [0.25, 0.3) is 0 Å². The Hall–Kier alpha value is -2.80. The number of rotatable bonds is 11. The van der Waals surface area contributed by atoms with Gasteiger partial charge in [0.15, 0.2) is 6.23 Å². The van der Waals surface area contributed by atoms with Gasteiger partial charge in [0.1, 0.15) is 36.8 Å². The number of aromatic nitrogens is 2. The lowest BCUT2D eigenvalue weighted by Gasteiger charge is -2.58. The first-order valence-electron chi connectivity index (χ1n) is 19.4. The fraction of sp³-hybridized carbons (Fsp3) is 0.795. The van der Waals surface area contributed by atoms with Gasteiger partial charge in [-0.25, -0.2) is 9.59 Å². The van der Waals surface area contributed by atoms with Gasteiger partial charge in [0.05, 0.1) is 6.61 Å². The second-order valence-corrected chi connectivity index (χ2v) is 17.2. The van der Waals surface area contributed by atoms with E-state index in [0.717, 1.165) is 59.8 Å². The van der Waals surface area contributed by atoms with Crippen molar-refractivity contribution >= 4 is 17.8 Å². The van der Waals surface area contributed by atoms with E-state index in [1.807, 2.05) is 0 Å². The number of carbonyl (C=O) groups excluding carboxylic acids is 2. The minimum atomic E-state index is -1.44. The van der Waals surface area contributed by atoms with Crippen LogP contribution in [0.5, 0.6) is 0 Å². The van der Waals surface area contributed by atoms with Gasteiger partial charge < -0.3 is 35.4 Å². The maximum absolute atomic E-state index is 12.8. The zero-order valence-corrected chi connectivity index (χ0v) is 31.1. The normalized spacial score (nSPS) is 37.9. The number of allylic oxidation sites excluding steroid dienone is 1. The minimum absolute atomic E-state index is 0.0513. The van der Waals surface area contributed by atoms with E-state index in [-0.39, 0.29) is 23.9 Å². The van der Waals surface area contributed by atoms with Crippen molar-refractivity contribution in [2.45, 2.75) is 136 Å². The van der Waals surface area contributed by atoms with Crippen molar-refractivity contribution in [3.8, 4) is 0 Å². The molecule has 4 fully saturated rings. The van der Waals surface area contributed by atoms with E-state index < -0.39 is 48.8 Å². The van der Waals surface area contributed by atoms with Gasteiger partial charge in [0.2, 0.25) is 5.91 Å². The molecular weight excluding hydrogens is 652 g/mol. The van der Waals surface area contributed by atoms with Crippen molar-refractivity contribution in [2.24, 2.45) is 46.3 Å². The Balaban J connectivity index is 0.981. The lowest BCUT2D eigenvalue weighted by molar-refractivity contribution is -0.115. The summed E-state index contributed by atoms with van der Waals surface area (Å²) < 4.78 is 12.2. The average Bonchev–Trinajstić information content (AvgIpc) is 3.59. The Morgan fingerprint density at radius 3 is 2.57 bits per heavy atom. The maximum atomic E-state index is 12.8. The van der Waals surface area contributed by atoms with E-state index in [1.165, 1.54) is 62.8 Å². The number of fused-ring (bicyclic) bond motifs is 5. The molecule has 0 radical (unpaired) electrons. The predicted octanol–water partition coefficient (Wildman–Crippen LogP) is 4.93. The smallest absolute Gasteiger partial charge is 0.407 e. The van der Waals surface area contributed by atoms with E-state index in [0.29, 0.717) is 11.3 Å². The molecule has 4 aliphatic carbocycles. The molecule has 0 spiro atoms. The lowest BCUT2D eigenvalue weighted by Crippen LogP contribution is -2.51. The number of nitrogens with one attached hydrogen (secondary N) is 2. The SMILES string of the molecule is CC(C)CCC[C@@H](C)[C@H]1CC[C@H]2[C@@H]3CC=C4C[C@@H](OC(=O)NCC(=O)Nc5ccn([C@@H]6O[C@H](CO)[C@@H](O)[C@@H]6O)c(=O)n5)CC[C@]4(C)[C@H]3CC[C@]12C. The second-order valence-electron chi connectivity index (χ2n) is 17.2. The summed E-state index contributed by atoms with van der Waals surface area (Å²) in [5.74, 6) is 3.98. The van der Waals surface area contributed by atoms with Gasteiger partial charge in [-0.2, -0.15) is 4.98 Å². The molecule has 5 aliphatic rings. The molecule has 0 unspecified atom stereocenters. The summed E-state index contributed by atoms with van der Waals surface area (Å²) in [6.45, 7) is 11.4. The molecule has 5 N–H and O–H groups in total. The van der Waals surface area contributed by atoms with Crippen molar-refractivity contribution in [3.63, 3.8) is 0 Å². The fourth-order valence-electron chi connectivity index (χ4n) is 11.1. The summed E-state index contributed by atoms with van der Waals surface area (Å²) in [5.41, 5.74) is 1.19. The molecular formula is C39H60N4O8. The summed E-state index contributed by atoms with van der Waals surface area (Å²) in [5, 5.41) is 34.5. The fourth-order valence-corrected chi connectivity index (χ4v) is 11.1. The van der Waals surface area contributed by atoms with Gasteiger partial charge in [0, 0.05) is 12.6 Å². The van der Waals surface area contributed by atoms with Crippen LogP contribution in [0.2, 0.25) is 0 Å². The van der Waals surface area contributed by atoms with E-state index in [1.54, 1.807) is 0 Å². The van der Waals surface area contributed by atoms with E-state index in [4.69, 9.17) is 9.47 Å². The molecule has 284 valence electrons. The molecule has 12 nitrogen and oxygen atoms in total.